The van der Waals surface area contributed by atoms with Crippen LogP contribution < -0.4 is 5.32 Å². The number of anilines is 1. The van der Waals surface area contributed by atoms with E-state index in [0.717, 1.165) is 24.8 Å². The average Bonchev–Trinajstić information content (AvgIpc) is 3.34. The zero-order valence-electron chi connectivity index (χ0n) is 17.2. The van der Waals surface area contributed by atoms with E-state index in [2.05, 4.69) is 26.1 Å². The third-order valence-corrected chi connectivity index (χ3v) is 8.01. The Bertz CT molecular complexity index is 890. The summed E-state index contributed by atoms with van der Waals surface area (Å²) in [4.78, 5) is 29.9. The van der Waals surface area contributed by atoms with Gasteiger partial charge >= 0.3 is 0 Å². The first kappa shape index (κ1) is 20.6. The van der Waals surface area contributed by atoms with Gasteiger partial charge in [0.05, 0.1) is 23.7 Å². The standard InChI is InChI=1S/C22H28N2O3S2/c1-22(2,3)14-6-7-15-17(13-14)29-20(23-19(25)16-5-4-12-28-16)18(15)21(26)24-8-10-27-11-9-24/h4-5,12,14H,6-11,13H2,1-3H3,(H,23,25). The summed E-state index contributed by atoms with van der Waals surface area (Å²) in [6.45, 7) is 9.21. The molecular formula is C22H28N2O3S2. The van der Waals surface area contributed by atoms with Crippen LogP contribution in [0.5, 0.6) is 0 Å². The van der Waals surface area contributed by atoms with Crippen LogP contribution >= 0.6 is 22.7 Å². The highest BCUT2D eigenvalue weighted by molar-refractivity contribution is 7.17. The van der Waals surface area contributed by atoms with E-state index < -0.39 is 0 Å². The molecule has 2 aromatic heterocycles. The molecule has 0 saturated carbocycles. The number of carbonyl (C=O) groups is 2. The van der Waals surface area contributed by atoms with Crippen molar-refractivity contribution in [2.75, 3.05) is 31.6 Å². The van der Waals surface area contributed by atoms with Crippen LogP contribution in [0.25, 0.3) is 0 Å². The summed E-state index contributed by atoms with van der Waals surface area (Å²) in [6, 6.07) is 3.68. The van der Waals surface area contributed by atoms with Crippen molar-refractivity contribution in [1.29, 1.82) is 0 Å². The van der Waals surface area contributed by atoms with Crippen LogP contribution in [0, 0.1) is 11.3 Å². The zero-order chi connectivity index (χ0) is 20.6. The number of morpholine rings is 1. The second-order valence-electron chi connectivity index (χ2n) is 8.85. The zero-order valence-corrected chi connectivity index (χ0v) is 18.9. The van der Waals surface area contributed by atoms with Gasteiger partial charge in [-0.05, 0) is 47.6 Å². The second kappa shape index (κ2) is 8.20. The SMILES string of the molecule is CC(C)(C)C1CCc2c(sc(NC(=O)c3cccs3)c2C(=O)N2CCOCC2)C1. The molecule has 0 spiro atoms. The van der Waals surface area contributed by atoms with E-state index in [4.69, 9.17) is 4.74 Å². The highest BCUT2D eigenvalue weighted by Crippen LogP contribution is 2.44. The van der Waals surface area contributed by atoms with E-state index in [9.17, 15) is 9.59 Å². The summed E-state index contributed by atoms with van der Waals surface area (Å²) in [5.41, 5.74) is 2.09. The van der Waals surface area contributed by atoms with Crippen molar-refractivity contribution >= 4 is 39.5 Å². The highest BCUT2D eigenvalue weighted by atomic mass is 32.1. The van der Waals surface area contributed by atoms with Gasteiger partial charge in [0.2, 0.25) is 0 Å². The average molecular weight is 433 g/mol. The molecule has 1 aliphatic heterocycles. The molecule has 1 fully saturated rings. The number of nitrogens with one attached hydrogen (secondary N) is 1. The second-order valence-corrected chi connectivity index (χ2v) is 10.9. The summed E-state index contributed by atoms with van der Waals surface area (Å²) < 4.78 is 5.42. The summed E-state index contributed by atoms with van der Waals surface area (Å²) >= 11 is 3.01. The molecule has 1 aliphatic carbocycles. The lowest BCUT2D eigenvalue weighted by molar-refractivity contribution is 0.0303. The molecule has 4 rings (SSSR count). The topological polar surface area (TPSA) is 58.6 Å². The van der Waals surface area contributed by atoms with E-state index in [1.807, 2.05) is 22.4 Å². The van der Waals surface area contributed by atoms with Gasteiger partial charge in [-0.25, -0.2) is 0 Å². The molecular weight excluding hydrogens is 404 g/mol. The summed E-state index contributed by atoms with van der Waals surface area (Å²) in [5, 5.41) is 5.65. The summed E-state index contributed by atoms with van der Waals surface area (Å²) in [6.07, 6.45) is 2.95. The lowest BCUT2D eigenvalue weighted by Gasteiger charge is -2.34. The summed E-state index contributed by atoms with van der Waals surface area (Å²) in [7, 11) is 0. The third kappa shape index (κ3) is 4.27. The number of amides is 2. The van der Waals surface area contributed by atoms with Crippen LogP contribution in [-0.4, -0.2) is 43.0 Å². The number of thiophene rings is 2. The minimum atomic E-state index is -0.137. The fourth-order valence-corrected chi connectivity index (χ4v) is 6.07. The molecule has 0 bridgehead atoms. The molecule has 1 unspecified atom stereocenters. The van der Waals surface area contributed by atoms with Gasteiger partial charge in [-0.2, -0.15) is 0 Å². The van der Waals surface area contributed by atoms with Crippen LogP contribution in [0.4, 0.5) is 5.00 Å². The van der Waals surface area contributed by atoms with Gasteiger partial charge in [-0.3, -0.25) is 9.59 Å². The Morgan fingerprint density at radius 1 is 1.24 bits per heavy atom. The van der Waals surface area contributed by atoms with E-state index >= 15 is 0 Å². The smallest absolute Gasteiger partial charge is 0.266 e. The molecule has 5 nitrogen and oxygen atoms in total. The molecule has 1 N–H and O–H groups in total. The van der Waals surface area contributed by atoms with Crippen LogP contribution in [0.1, 0.15) is 57.7 Å². The molecule has 7 heteroatoms. The molecule has 2 amide bonds. The van der Waals surface area contributed by atoms with E-state index in [1.165, 1.54) is 16.2 Å². The van der Waals surface area contributed by atoms with Crippen molar-refractivity contribution in [3.05, 3.63) is 38.4 Å². The van der Waals surface area contributed by atoms with Gasteiger partial charge in [-0.1, -0.05) is 26.8 Å². The number of rotatable bonds is 3. The van der Waals surface area contributed by atoms with Crippen LogP contribution in [-0.2, 0) is 17.6 Å². The number of fused-ring (bicyclic) bond motifs is 1. The van der Waals surface area contributed by atoms with Gasteiger partial charge in [0, 0.05) is 18.0 Å². The van der Waals surface area contributed by atoms with Crippen molar-refractivity contribution in [3.8, 4) is 0 Å². The largest absolute Gasteiger partial charge is 0.378 e. The van der Waals surface area contributed by atoms with Crippen LogP contribution in [0.3, 0.4) is 0 Å². The van der Waals surface area contributed by atoms with Gasteiger partial charge < -0.3 is 15.0 Å². The fourth-order valence-electron chi connectivity index (χ4n) is 4.14. The van der Waals surface area contributed by atoms with Crippen molar-refractivity contribution in [2.24, 2.45) is 11.3 Å². The number of hydrogen-bond acceptors (Lipinski definition) is 5. The quantitative estimate of drug-likeness (QED) is 0.766. The van der Waals surface area contributed by atoms with E-state index in [0.29, 0.717) is 47.7 Å². The summed E-state index contributed by atoms with van der Waals surface area (Å²) in [5.74, 6) is 0.476. The number of nitrogens with zero attached hydrogens (tertiary/aromatic N) is 1. The van der Waals surface area contributed by atoms with Crippen LogP contribution in [0.2, 0.25) is 0 Å². The van der Waals surface area contributed by atoms with Gasteiger partial charge in [-0.15, -0.1) is 22.7 Å². The molecule has 1 saturated heterocycles. The maximum Gasteiger partial charge on any atom is 0.266 e. The molecule has 156 valence electrons. The Balaban J connectivity index is 1.68. The lowest BCUT2D eigenvalue weighted by atomic mass is 9.72. The Labute approximate surface area is 180 Å². The molecule has 29 heavy (non-hydrogen) atoms. The molecule has 0 aromatic carbocycles. The van der Waals surface area contributed by atoms with Gasteiger partial charge in [0.15, 0.2) is 0 Å². The third-order valence-electron chi connectivity index (χ3n) is 5.97. The molecule has 3 heterocycles. The first-order chi connectivity index (χ1) is 13.8. The highest BCUT2D eigenvalue weighted by Gasteiger charge is 2.35. The Morgan fingerprint density at radius 2 is 2.00 bits per heavy atom. The monoisotopic (exact) mass is 432 g/mol. The van der Waals surface area contributed by atoms with E-state index in [1.54, 1.807) is 11.3 Å². The van der Waals surface area contributed by atoms with Crippen molar-refractivity contribution in [2.45, 2.75) is 40.0 Å². The van der Waals surface area contributed by atoms with Gasteiger partial charge in [0.1, 0.15) is 5.00 Å². The van der Waals surface area contributed by atoms with E-state index in [-0.39, 0.29) is 17.2 Å². The number of hydrogen-bond donors (Lipinski definition) is 1. The van der Waals surface area contributed by atoms with Gasteiger partial charge in [0.25, 0.3) is 11.8 Å². The Morgan fingerprint density at radius 3 is 2.66 bits per heavy atom. The maximum absolute atomic E-state index is 13.4. The minimum absolute atomic E-state index is 0.0292. The molecule has 2 aliphatic rings. The molecule has 1 atom stereocenters. The predicted molar refractivity (Wildman–Crippen MR) is 118 cm³/mol. The molecule has 0 radical (unpaired) electrons. The van der Waals surface area contributed by atoms with Crippen molar-refractivity contribution < 1.29 is 14.3 Å². The lowest BCUT2D eigenvalue weighted by Crippen LogP contribution is -2.41. The minimum Gasteiger partial charge on any atom is -0.378 e. The van der Waals surface area contributed by atoms with Crippen molar-refractivity contribution in [1.82, 2.24) is 4.90 Å². The normalized spacial score (nSPS) is 19.7. The predicted octanol–water partition coefficient (Wildman–Crippen LogP) is 4.69. The molecule has 2 aromatic rings. The fraction of sp³-hybridized carbons (Fsp3) is 0.545. The van der Waals surface area contributed by atoms with Crippen molar-refractivity contribution in [3.63, 3.8) is 0 Å². The first-order valence-electron chi connectivity index (χ1n) is 10.2. The first-order valence-corrected chi connectivity index (χ1v) is 11.9. The number of ether oxygens (including phenoxy) is 1. The number of carbonyl (C=O) groups excluding carboxylic acids is 2. The Hall–Kier alpha value is -1.70. The Kier molecular flexibility index (Phi) is 5.82. The maximum atomic E-state index is 13.4. The van der Waals surface area contributed by atoms with Crippen LogP contribution in [0.15, 0.2) is 17.5 Å².